The normalized spacial score (nSPS) is 19.0. The van der Waals surface area contributed by atoms with E-state index in [0.29, 0.717) is 0 Å². The molecule has 0 saturated carbocycles. The number of hydrogen-bond donors (Lipinski definition) is 1. The molecule has 250 valence electrons. The molecule has 2 atom stereocenters. The van der Waals surface area contributed by atoms with E-state index in [-0.39, 0.29) is 29.1 Å². The zero-order valence-corrected chi connectivity index (χ0v) is 29.9. The SMILES string of the molecule is C1=C2c3oc4ccc(-c5ccccc5)cc4[n+]3CCC2N(Nc2nc3ccccc3s2)C2CCN3C(=C12)Oc1ccc(-c2ccccc2)cc13.[Br-]. The first-order chi connectivity index (χ1) is 24.7. The number of anilines is 2. The van der Waals surface area contributed by atoms with Crippen molar-refractivity contribution in [3.8, 4) is 28.0 Å². The fraction of sp³-hybridized carbons (Fsp3) is 0.143. The number of nitrogens with zero attached hydrogens (tertiary/aromatic N) is 4. The van der Waals surface area contributed by atoms with Gasteiger partial charge in [-0.2, -0.15) is 4.57 Å². The quantitative estimate of drug-likeness (QED) is 0.222. The second kappa shape index (κ2) is 11.9. The van der Waals surface area contributed by atoms with Crippen molar-refractivity contribution in [2.75, 3.05) is 16.9 Å². The van der Waals surface area contributed by atoms with E-state index < -0.39 is 0 Å². The summed E-state index contributed by atoms with van der Waals surface area (Å²) in [4.78, 5) is 7.36. The maximum absolute atomic E-state index is 6.77. The van der Waals surface area contributed by atoms with Gasteiger partial charge in [-0.25, -0.2) is 9.99 Å². The Hall–Kier alpha value is -5.22. The molecule has 2 aromatic heterocycles. The van der Waals surface area contributed by atoms with E-state index in [1.165, 1.54) is 27.0 Å². The molecule has 5 aromatic carbocycles. The highest BCUT2D eigenvalue weighted by atomic mass is 79.9. The van der Waals surface area contributed by atoms with Crippen LogP contribution in [0.25, 0.3) is 49.1 Å². The monoisotopic (exact) mass is 749 g/mol. The molecule has 9 heteroatoms. The van der Waals surface area contributed by atoms with Crippen LogP contribution in [0.1, 0.15) is 18.7 Å². The Kier molecular flexibility index (Phi) is 7.16. The molecule has 51 heavy (non-hydrogen) atoms. The Balaban J connectivity index is 0.00000327. The Labute approximate surface area is 309 Å². The first-order valence-corrected chi connectivity index (χ1v) is 18.1. The number of thiazole rings is 1. The van der Waals surface area contributed by atoms with E-state index in [9.17, 15) is 0 Å². The van der Waals surface area contributed by atoms with Gasteiger partial charge in [0, 0.05) is 24.6 Å². The minimum Gasteiger partial charge on any atom is -1.00 e. The van der Waals surface area contributed by atoms with Gasteiger partial charge in [0.15, 0.2) is 17.4 Å². The molecule has 0 bridgehead atoms. The third-order valence-corrected chi connectivity index (χ3v) is 11.5. The number of aryl methyl sites for hydroxylation is 1. The van der Waals surface area contributed by atoms with Gasteiger partial charge in [-0.1, -0.05) is 96.3 Å². The molecule has 4 aliphatic rings. The first-order valence-electron chi connectivity index (χ1n) is 17.3. The molecule has 6 heterocycles. The maximum atomic E-state index is 6.77. The summed E-state index contributed by atoms with van der Waals surface area (Å²) >= 11 is 1.70. The molecule has 0 radical (unpaired) electrons. The Morgan fingerprint density at radius 3 is 2.31 bits per heavy atom. The summed E-state index contributed by atoms with van der Waals surface area (Å²) < 4.78 is 17.1. The van der Waals surface area contributed by atoms with E-state index in [2.05, 4.69) is 147 Å². The summed E-state index contributed by atoms with van der Waals surface area (Å²) in [5, 5.41) is 3.35. The summed E-state index contributed by atoms with van der Waals surface area (Å²) in [5.41, 5.74) is 15.1. The fourth-order valence-corrected chi connectivity index (χ4v) is 9.09. The topological polar surface area (TPSA) is 57.7 Å². The third kappa shape index (κ3) is 4.87. The summed E-state index contributed by atoms with van der Waals surface area (Å²) in [7, 11) is 0. The van der Waals surface area contributed by atoms with Crippen molar-refractivity contribution in [3.05, 3.63) is 145 Å². The first kappa shape index (κ1) is 30.6. The molecule has 1 N–H and O–H groups in total. The summed E-state index contributed by atoms with van der Waals surface area (Å²) in [6, 6.07) is 42.8. The van der Waals surface area contributed by atoms with Gasteiger partial charge in [0.1, 0.15) is 0 Å². The van der Waals surface area contributed by atoms with Crippen molar-refractivity contribution in [1.82, 2.24) is 9.99 Å². The number of fused-ring (bicyclic) bond motifs is 10. The molecule has 11 rings (SSSR count). The van der Waals surface area contributed by atoms with Gasteiger partial charge < -0.3 is 31.0 Å². The number of aromatic nitrogens is 2. The predicted molar refractivity (Wildman–Crippen MR) is 199 cm³/mol. The van der Waals surface area contributed by atoms with E-state index in [0.717, 1.165) is 82.0 Å². The van der Waals surface area contributed by atoms with Gasteiger partial charge in [0.05, 0.1) is 33.6 Å². The number of benzene rings is 5. The molecule has 0 amide bonds. The highest BCUT2D eigenvalue weighted by Crippen LogP contribution is 2.49. The van der Waals surface area contributed by atoms with E-state index in [1.54, 1.807) is 11.3 Å². The van der Waals surface area contributed by atoms with Crippen LogP contribution in [0, 0.1) is 0 Å². The molecular weight excluding hydrogens is 718 g/mol. The molecule has 0 saturated heterocycles. The number of para-hydroxylation sites is 1. The van der Waals surface area contributed by atoms with Crippen LogP contribution in [-0.4, -0.2) is 28.6 Å². The number of hydrazine groups is 1. The van der Waals surface area contributed by atoms with Crippen LogP contribution in [0.15, 0.2) is 143 Å². The van der Waals surface area contributed by atoms with E-state index in [4.69, 9.17) is 14.1 Å². The summed E-state index contributed by atoms with van der Waals surface area (Å²) in [6.45, 7) is 1.71. The van der Waals surface area contributed by atoms with E-state index in [1.807, 2.05) is 0 Å². The largest absolute Gasteiger partial charge is 1.00 e. The molecule has 7 aromatic rings. The van der Waals surface area contributed by atoms with Crippen LogP contribution in [0.5, 0.6) is 5.75 Å². The standard InChI is InChI=1S/C42H32N5O2S.BrH/c1-3-9-26(10-4-1)28-15-17-37-35(23-28)45-21-19-33-30(40(45)48-37)25-31-34(47(33)44-42-43-32-13-7-8-14-39(32)50-42)20-22-46-36-24-29(27-11-5-2-6-12-27)16-18-38(36)49-41(31)46;/h1-18,23-25,33-34H,19-22H2,(H,43,44);1H/q+1;/p-1. The lowest BCUT2D eigenvalue weighted by Gasteiger charge is -2.45. The minimum atomic E-state index is 0. The Morgan fingerprint density at radius 2 is 1.51 bits per heavy atom. The number of ether oxygens (including phenoxy) is 1. The highest BCUT2D eigenvalue weighted by Gasteiger charge is 2.49. The van der Waals surface area contributed by atoms with Gasteiger partial charge in [-0.15, -0.1) is 0 Å². The van der Waals surface area contributed by atoms with Crippen LogP contribution < -0.4 is 36.6 Å². The van der Waals surface area contributed by atoms with Crippen LogP contribution in [0.3, 0.4) is 0 Å². The number of hydrogen-bond acceptors (Lipinski definition) is 7. The van der Waals surface area contributed by atoms with Gasteiger partial charge in [0.2, 0.25) is 11.5 Å². The van der Waals surface area contributed by atoms with Gasteiger partial charge in [-0.3, -0.25) is 5.43 Å². The second-order valence-corrected chi connectivity index (χ2v) is 14.4. The molecule has 7 nitrogen and oxygen atoms in total. The predicted octanol–water partition coefficient (Wildman–Crippen LogP) is 6.05. The van der Waals surface area contributed by atoms with Crippen LogP contribution in [0.4, 0.5) is 10.8 Å². The van der Waals surface area contributed by atoms with Crippen molar-refractivity contribution in [3.63, 3.8) is 0 Å². The van der Waals surface area contributed by atoms with Gasteiger partial charge >= 0.3 is 5.89 Å². The van der Waals surface area contributed by atoms with Crippen LogP contribution in [-0.2, 0) is 6.54 Å². The fourth-order valence-electron chi connectivity index (χ4n) is 8.22. The zero-order valence-electron chi connectivity index (χ0n) is 27.5. The maximum Gasteiger partial charge on any atom is 0.379 e. The smallest absolute Gasteiger partial charge is 0.379 e. The molecule has 0 fully saturated rings. The summed E-state index contributed by atoms with van der Waals surface area (Å²) in [6.07, 6.45) is 4.24. The van der Waals surface area contributed by atoms with Gasteiger partial charge in [0.25, 0.3) is 5.52 Å². The lowest BCUT2D eigenvalue weighted by molar-refractivity contribution is -0.683. The Morgan fingerprint density at radius 1 is 0.765 bits per heavy atom. The second-order valence-electron chi connectivity index (χ2n) is 13.4. The van der Waals surface area contributed by atoms with Crippen molar-refractivity contribution < 1.29 is 30.7 Å². The van der Waals surface area contributed by atoms with E-state index >= 15 is 0 Å². The third-order valence-electron chi connectivity index (χ3n) is 10.6. The average molecular weight is 751 g/mol. The van der Waals surface area contributed by atoms with Crippen LogP contribution in [0.2, 0.25) is 0 Å². The zero-order chi connectivity index (χ0) is 32.8. The number of halogens is 1. The Bertz CT molecular complexity index is 2510. The van der Waals surface area contributed by atoms with Crippen molar-refractivity contribution in [1.29, 1.82) is 0 Å². The van der Waals surface area contributed by atoms with Crippen molar-refractivity contribution >= 4 is 49.0 Å². The van der Waals surface area contributed by atoms with Crippen LogP contribution >= 0.6 is 11.3 Å². The molecule has 2 unspecified atom stereocenters. The lowest BCUT2D eigenvalue weighted by atomic mass is 9.86. The molecule has 0 aliphatic carbocycles. The van der Waals surface area contributed by atoms with Gasteiger partial charge in [-0.05, 0) is 65.1 Å². The lowest BCUT2D eigenvalue weighted by Crippen LogP contribution is -3.00. The van der Waals surface area contributed by atoms with Crippen molar-refractivity contribution in [2.45, 2.75) is 31.5 Å². The molecule has 0 spiro atoms. The number of oxazole rings is 1. The number of rotatable bonds is 4. The molecular formula is C42H32BrN5O2S. The highest BCUT2D eigenvalue weighted by molar-refractivity contribution is 7.22. The van der Waals surface area contributed by atoms with Crippen molar-refractivity contribution in [2.24, 2.45) is 0 Å². The minimum absolute atomic E-state index is 0. The molecule has 4 aliphatic heterocycles. The average Bonchev–Trinajstić information content (AvgIpc) is 3.88. The number of nitrogens with one attached hydrogen (secondary N) is 1. The summed E-state index contributed by atoms with van der Waals surface area (Å²) in [5.74, 6) is 2.71.